The maximum atomic E-state index is 13.6. The molecule has 0 amide bonds. The standard InChI is InChI=1S/C29H32N4O6S/c1-19-9-11-21(12-10-19)40(37,38)32-16-15-22-24(17-31(3)29(34)26(22)32)23-13-14-25(30-2)27(33(35)36)28(23)39-18-20-7-5-4-6-8-20/h9-17,20,30H,4-8,18H2,1-3H3. The van der Waals surface area contributed by atoms with Crippen LogP contribution in [0, 0.1) is 23.0 Å². The third-order valence-corrected chi connectivity index (χ3v) is 9.32. The van der Waals surface area contributed by atoms with Gasteiger partial charge in [-0.25, -0.2) is 12.4 Å². The second-order valence-corrected chi connectivity index (χ2v) is 12.1. The van der Waals surface area contributed by atoms with E-state index in [4.69, 9.17) is 4.74 Å². The number of fused-ring (bicyclic) bond motifs is 1. The fourth-order valence-electron chi connectivity index (χ4n) is 5.44. The molecular weight excluding hydrogens is 532 g/mol. The van der Waals surface area contributed by atoms with Gasteiger partial charge < -0.3 is 14.6 Å². The summed E-state index contributed by atoms with van der Waals surface area (Å²) in [5, 5.41) is 15.5. The second kappa shape index (κ2) is 10.8. The van der Waals surface area contributed by atoms with Crippen molar-refractivity contribution in [1.82, 2.24) is 8.54 Å². The normalized spacial score (nSPS) is 14.4. The number of nitrogens with one attached hydrogen (secondary N) is 1. The molecule has 1 fully saturated rings. The smallest absolute Gasteiger partial charge is 0.334 e. The van der Waals surface area contributed by atoms with Gasteiger partial charge in [-0.05, 0) is 56.0 Å². The molecule has 40 heavy (non-hydrogen) atoms. The molecule has 0 spiro atoms. The number of benzene rings is 2. The minimum absolute atomic E-state index is 0.0425. The highest BCUT2D eigenvalue weighted by molar-refractivity contribution is 7.90. The Morgan fingerprint density at radius 2 is 1.75 bits per heavy atom. The maximum Gasteiger partial charge on any atom is 0.334 e. The summed E-state index contributed by atoms with van der Waals surface area (Å²) in [6.07, 6.45) is 8.30. The Balaban J connectivity index is 1.72. The molecule has 4 aromatic rings. The number of anilines is 1. The fraction of sp³-hybridized carbons (Fsp3) is 0.345. The number of pyridine rings is 1. The van der Waals surface area contributed by atoms with E-state index in [2.05, 4.69) is 5.32 Å². The molecule has 1 saturated carbocycles. The van der Waals surface area contributed by atoms with Crippen molar-refractivity contribution in [2.75, 3.05) is 19.0 Å². The monoisotopic (exact) mass is 564 g/mol. The molecule has 2 aromatic carbocycles. The minimum atomic E-state index is -4.09. The SMILES string of the molecule is CNc1ccc(-c2cn(C)c(=O)c3c2ccn3S(=O)(=O)c2ccc(C)cc2)c(OCC2CCCCC2)c1[N+](=O)[O-]. The summed E-state index contributed by atoms with van der Waals surface area (Å²) in [4.78, 5) is 25.2. The molecule has 5 rings (SSSR count). The number of nitro benzene ring substituents is 1. The van der Waals surface area contributed by atoms with E-state index in [1.165, 1.54) is 36.4 Å². The zero-order valence-corrected chi connectivity index (χ0v) is 23.5. The van der Waals surface area contributed by atoms with E-state index < -0.39 is 20.5 Å². The highest BCUT2D eigenvalue weighted by Crippen LogP contribution is 2.45. The first-order chi connectivity index (χ1) is 19.1. The molecule has 2 heterocycles. The van der Waals surface area contributed by atoms with Crippen molar-refractivity contribution in [3.8, 4) is 16.9 Å². The van der Waals surface area contributed by atoms with Gasteiger partial charge in [0, 0.05) is 43.0 Å². The Kier molecular flexibility index (Phi) is 7.41. The third-order valence-electron chi connectivity index (χ3n) is 7.63. The van der Waals surface area contributed by atoms with Crippen molar-refractivity contribution in [1.29, 1.82) is 0 Å². The van der Waals surface area contributed by atoms with Crippen molar-refractivity contribution >= 4 is 32.3 Å². The zero-order chi connectivity index (χ0) is 28.6. The highest BCUT2D eigenvalue weighted by Gasteiger charge is 2.29. The van der Waals surface area contributed by atoms with Gasteiger partial charge in [0.25, 0.3) is 15.6 Å². The lowest BCUT2D eigenvalue weighted by Gasteiger charge is -2.23. The van der Waals surface area contributed by atoms with E-state index in [1.807, 2.05) is 6.92 Å². The van der Waals surface area contributed by atoms with Gasteiger partial charge in [-0.1, -0.05) is 37.0 Å². The predicted octanol–water partition coefficient (Wildman–Crippen LogP) is 5.46. The molecule has 10 nitrogen and oxygen atoms in total. The van der Waals surface area contributed by atoms with Crippen molar-refractivity contribution in [2.45, 2.75) is 43.9 Å². The Bertz CT molecular complexity index is 1750. The molecule has 0 saturated heterocycles. The summed E-state index contributed by atoms with van der Waals surface area (Å²) in [5.74, 6) is 0.386. The molecule has 0 aliphatic heterocycles. The highest BCUT2D eigenvalue weighted by atomic mass is 32.2. The number of hydrogen-bond acceptors (Lipinski definition) is 7. The summed E-state index contributed by atoms with van der Waals surface area (Å²) in [6, 6.07) is 11.3. The summed E-state index contributed by atoms with van der Waals surface area (Å²) in [5.41, 5.74) is 1.32. The number of rotatable bonds is 8. The first-order valence-corrected chi connectivity index (χ1v) is 14.7. The summed E-state index contributed by atoms with van der Waals surface area (Å²) < 4.78 is 35.7. The van der Waals surface area contributed by atoms with Crippen molar-refractivity contribution in [2.24, 2.45) is 13.0 Å². The molecule has 1 N–H and O–H groups in total. The van der Waals surface area contributed by atoms with Crippen LogP contribution in [0.25, 0.3) is 22.0 Å². The number of ether oxygens (including phenoxy) is 1. The van der Waals surface area contributed by atoms with Crippen LogP contribution in [0.3, 0.4) is 0 Å². The van der Waals surface area contributed by atoms with Crippen molar-refractivity contribution in [3.05, 3.63) is 80.9 Å². The van der Waals surface area contributed by atoms with Crippen LogP contribution < -0.4 is 15.6 Å². The zero-order valence-electron chi connectivity index (χ0n) is 22.7. The second-order valence-electron chi connectivity index (χ2n) is 10.3. The molecular formula is C29H32N4O6S. The molecule has 0 atom stereocenters. The van der Waals surface area contributed by atoms with Crippen LogP contribution in [0.15, 0.2) is 64.5 Å². The van der Waals surface area contributed by atoms with Crippen LogP contribution in [0.5, 0.6) is 5.75 Å². The van der Waals surface area contributed by atoms with Crippen molar-refractivity contribution < 1.29 is 18.1 Å². The number of aromatic nitrogens is 2. The lowest BCUT2D eigenvalue weighted by atomic mass is 9.90. The van der Waals surface area contributed by atoms with E-state index in [0.29, 0.717) is 34.7 Å². The van der Waals surface area contributed by atoms with Gasteiger partial charge in [0.1, 0.15) is 11.2 Å². The Morgan fingerprint density at radius 3 is 2.40 bits per heavy atom. The molecule has 2 aromatic heterocycles. The van der Waals surface area contributed by atoms with E-state index >= 15 is 0 Å². The van der Waals surface area contributed by atoms with E-state index in [1.54, 1.807) is 43.6 Å². The van der Waals surface area contributed by atoms with Crippen LogP contribution >= 0.6 is 0 Å². The maximum absolute atomic E-state index is 13.6. The topological polar surface area (TPSA) is 125 Å². The first-order valence-electron chi connectivity index (χ1n) is 13.3. The van der Waals surface area contributed by atoms with Crippen LogP contribution in [0.2, 0.25) is 0 Å². The molecule has 11 heteroatoms. The van der Waals surface area contributed by atoms with Crippen LogP contribution in [0.1, 0.15) is 37.7 Å². The Hall–Kier alpha value is -4.12. The first kappa shape index (κ1) is 27.4. The quantitative estimate of drug-likeness (QED) is 0.222. The van der Waals surface area contributed by atoms with Gasteiger partial charge >= 0.3 is 5.69 Å². The van der Waals surface area contributed by atoms with Gasteiger partial charge in [0.2, 0.25) is 5.75 Å². The average Bonchev–Trinajstić information content (AvgIpc) is 3.40. The number of nitrogens with zero attached hydrogens (tertiary/aromatic N) is 3. The summed E-state index contributed by atoms with van der Waals surface area (Å²) in [7, 11) is -0.958. The van der Waals surface area contributed by atoms with Gasteiger partial charge in [-0.2, -0.15) is 0 Å². The largest absolute Gasteiger partial charge is 0.486 e. The lowest BCUT2D eigenvalue weighted by molar-refractivity contribution is -0.384. The molecule has 0 radical (unpaired) electrons. The lowest BCUT2D eigenvalue weighted by Crippen LogP contribution is -2.22. The van der Waals surface area contributed by atoms with Crippen LogP contribution in [-0.2, 0) is 17.1 Å². The predicted molar refractivity (Wildman–Crippen MR) is 155 cm³/mol. The number of hydrogen-bond donors (Lipinski definition) is 1. The number of nitro groups is 1. The van der Waals surface area contributed by atoms with Crippen LogP contribution in [0.4, 0.5) is 11.4 Å². The Morgan fingerprint density at radius 1 is 1.05 bits per heavy atom. The average molecular weight is 565 g/mol. The molecule has 0 bridgehead atoms. The summed E-state index contributed by atoms with van der Waals surface area (Å²) >= 11 is 0. The van der Waals surface area contributed by atoms with E-state index in [-0.39, 0.29) is 21.8 Å². The molecule has 1 aliphatic rings. The van der Waals surface area contributed by atoms with E-state index in [9.17, 15) is 23.3 Å². The molecule has 210 valence electrons. The number of aryl methyl sites for hydroxylation is 2. The van der Waals surface area contributed by atoms with Gasteiger partial charge in [-0.15, -0.1) is 0 Å². The van der Waals surface area contributed by atoms with Crippen LogP contribution in [-0.4, -0.2) is 35.5 Å². The Labute approximate surface area is 232 Å². The van der Waals surface area contributed by atoms with E-state index in [0.717, 1.165) is 35.2 Å². The third kappa shape index (κ3) is 4.85. The molecule has 1 aliphatic carbocycles. The van der Waals surface area contributed by atoms with Gasteiger partial charge in [0.05, 0.1) is 16.4 Å². The van der Waals surface area contributed by atoms with Crippen molar-refractivity contribution in [3.63, 3.8) is 0 Å². The van der Waals surface area contributed by atoms with Gasteiger partial charge in [-0.3, -0.25) is 14.9 Å². The fourth-order valence-corrected chi connectivity index (χ4v) is 6.78. The minimum Gasteiger partial charge on any atom is -0.486 e. The summed E-state index contributed by atoms with van der Waals surface area (Å²) in [6.45, 7) is 2.19. The molecule has 0 unspecified atom stereocenters. The van der Waals surface area contributed by atoms with Gasteiger partial charge in [0.15, 0.2) is 0 Å².